The first-order valence-electron chi connectivity index (χ1n) is 6.13. The molecule has 2 aromatic heterocycles. The van der Waals surface area contributed by atoms with E-state index >= 15 is 0 Å². The van der Waals surface area contributed by atoms with Crippen LogP contribution in [0.25, 0.3) is 0 Å². The van der Waals surface area contributed by atoms with Crippen LogP contribution in [0.2, 0.25) is 0 Å². The van der Waals surface area contributed by atoms with E-state index in [1.807, 2.05) is 25.5 Å². The van der Waals surface area contributed by atoms with Gasteiger partial charge in [0.25, 0.3) is 0 Å². The third-order valence-corrected chi connectivity index (χ3v) is 2.55. The molecular formula is C11H18N6O. The van der Waals surface area contributed by atoms with Gasteiger partial charge in [-0.3, -0.25) is 4.68 Å². The minimum atomic E-state index is 0.485. The van der Waals surface area contributed by atoms with Gasteiger partial charge < -0.3 is 9.73 Å². The van der Waals surface area contributed by atoms with Crippen LogP contribution in [-0.2, 0) is 13.0 Å². The molecule has 0 aliphatic heterocycles. The zero-order valence-corrected chi connectivity index (χ0v) is 11.0. The van der Waals surface area contributed by atoms with Crippen LogP contribution in [0.1, 0.15) is 30.9 Å². The Bertz CT molecular complexity index is 503. The number of nitrogens with one attached hydrogen (secondary N) is 1. The van der Waals surface area contributed by atoms with Gasteiger partial charge in [-0.15, -0.1) is 5.10 Å². The molecule has 0 unspecified atom stereocenters. The summed E-state index contributed by atoms with van der Waals surface area (Å²) in [5.41, 5.74) is 0. The summed E-state index contributed by atoms with van der Waals surface area (Å²) in [6, 6.07) is 0.485. The van der Waals surface area contributed by atoms with Crippen molar-refractivity contribution in [3.63, 3.8) is 0 Å². The highest BCUT2D eigenvalue weighted by Crippen LogP contribution is 2.05. The number of rotatable bonds is 6. The van der Waals surface area contributed by atoms with Crippen LogP contribution in [0.3, 0.4) is 0 Å². The number of aromatic nitrogens is 5. The van der Waals surface area contributed by atoms with Crippen LogP contribution < -0.4 is 5.32 Å². The predicted octanol–water partition coefficient (Wildman–Crippen LogP) is 1.34. The van der Waals surface area contributed by atoms with Gasteiger partial charge in [0.15, 0.2) is 0 Å². The molecule has 98 valence electrons. The summed E-state index contributed by atoms with van der Waals surface area (Å²) >= 11 is 0. The van der Waals surface area contributed by atoms with Crippen LogP contribution >= 0.6 is 0 Å². The second-order valence-electron chi connectivity index (χ2n) is 4.06. The van der Waals surface area contributed by atoms with Gasteiger partial charge >= 0.3 is 6.01 Å². The number of nitrogens with zero attached hydrogens (tertiary/aromatic N) is 5. The molecule has 0 radical (unpaired) electrons. The van der Waals surface area contributed by atoms with Crippen LogP contribution in [0.5, 0.6) is 0 Å². The second-order valence-corrected chi connectivity index (χ2v) is 4.06. The lowest BCUT2D eigenvalue weighted by Gasteiger charge is -2.03. The molecule has 2 aromatic rings. The monoisotopic (exact) mass is 250 g/mol. The van der Waals surface area contributed by atoms with Crippen molar-refractivity contribution in [3.8, 4) is 0 Å². The van der Waals surface area contributed by atoms with Crippen molar-refractivity contribution in [1.82, 2.24) is 25.0 Å². The maximum absolute atomic E-state index is 5.34. The fourth-order valence-electron chi connectivity index (χ4n) is 1.67. The molecule has 0 aliphatic rings. The largest absolute Gasteiger partial charge is 0.408 e. The molecule has 0 saturated carbocycles. The minimum Gasteiger partial charge on any atom is -0.408 e. The summed E-state index contributed by atoms with van der Waals surface area (Å²) in [5.74, 6) is 2.41. The van der Waals surface area contributed by atoms with Gasteiger partial charge in [0.1, 0.15) is 11.6 Å². The molecule has 0 aromatic carbocycles. The molecule has 0 saturated heterocycles. The molecule has 7 heteroatoms. The van der Waals surface area contributed by atoms with Crippen molar-refractivity contribution in [2.24, 2.45) is 0 Å². The Morgan fingerprint density at radius 1 is 1.28 bits per heavy atom. The average molecular weight is 250 g/mol. The van der Waals surface area contributed by atoms with Crippen LogP contribution in [-0.4, -0.2) is 31.5 Å². The molecule has 0 fully saturated rings. The van der Waals surface area contributed by atoms with E-state index in [1.54, 1.807) is 0 Å². The van der Waals surface area contributed by atoms with E-state index in [4.69, 9.17) is 4.42 Å². The minimum absolute atomic E-state index is 0.485. The average Bonchev–Trinajstić information content (AvgIpc) is 2.92. The third-order valence-electron chi connectivity index (χ3n) is 2.55. The van der Waals surface area contributed by atoms with Gasteiger partial charge in [0.2, 0.25) is 5.89 Å². The van der Waals surface area contributed by atoms with Gasteiger partial charge in [0, 0.05) is 19.5 Å². The normalized spacial score (nSPS) is 10.8. The molecule has 0 aliphatic carbocycles. The van der Waals surface area contributed by atoms with Gasteiger partial charge in [-0.25, -0.2) is 4.98 Å². The van der Waals surface area contributed by atoms with E-state index < -0.39 is 0 Å². The summed E-state index contributed by atoms with van der Waals surface area (Å²) in [6.07, 6.45) is 1.68. The topological polar surface area (TPSA) is 81.7 Å². The molecule has 7 nitrogen and oxygen atoms in total. The van der Waals surface area contributed by atoms with Gasteiger partial charge in [-0.05, 0) is 20.3 Å². The summed E-state index contributed by atoms with van der Waals surface area (Å²) in [7, 11) is 0. The van der Waals surface area contributed by atoms with E-state index in [2.05, 4.69) is 25.6 Å². The lowest BCUT2D eigenvalue weighted by molar-refractivity contribution is 0.507. The molecule has 0 bridgehead atoms. The number of anilines is 1. The Balaban J connectivity index is 1.74. The van der Waals surface area contributed by atoms with E-state index in [1.165, 1.54) is 0 Å². The first-order valence-corrected chi connectivity index (χ1v) is 6.13. The lowest BCUT2D eigenvalue weighted by atomic mass is 10.4. The third kappa shape index (κ3) is 3.06. The Labute approximate surface area is 106 Å². The van der Waals surface area contributed by atoms with Crippen molar-refractivity contribution in [3.05, 3.63) is 17.5 Å². The highest BCUT2D eigenvalue weighted by atomic mass is 16.4. The maximum Gasteiger partial charge on any atom is 0.315 e. The Kier molecular flexibility index (Phi) is 3.91. The van der Waals surface area contributed by atoms with Gasteiger partial charge in [-0.2, -0.15) is 5.10 Å². The Hall–Kier alpha value is -1.92. The van der Waals surface area contributed by atoms with Crippen LogP contribution in [0, 0.1) is 13.8 Å². The smallest absolute Gasteiger partial charge is 0.315 e. The lowest BCUT2D eigenvalue weighted by Crippen LogP contribution is -2.09. The van der Waals surface area contributed by atoms with Crippen molar-refractivity contribution < 1.29 is 4.42 Å². The fourth-order valence-corrected chi connectivity index (χ4v) is 1.67. The summed E-state index contributed by atoms with van der Waals surface area (Å²) in [5, 5.41) is 15.2. The Morgan fingerprint density at radius 3 is 2.72 bits per heavy atom. The van der Waals surface area contributed by atoms with E-state index in [9.17, 15) is 0 Å². The van der Waals surface area contributed by atoms with Crippen LogP contribution in [0.4, 0.5) is 6.01 Å². The molecular weight excluding hydrogens is 232 g/mol. The fraction of sp³-hybridized carbons (Fsp3) is 0.636. The number of hydrogen-bond acceptors (Lipinski definition) is 6. The van der Waals surface area contributed by atoms with Crippen molar-refractivity contribution in [1.29, 1.82) is 0 Å². The molecule has 2 rings (SSSR count). The zero-order chi connectivity index (χ0) is 13.0. The molecule has 0 amide bonds. The summed E-state index contributed by atoms with van der Waals surface area (Å²) in [6.45, 7) is 7.43. The summed E-state index contributed by atoms with van der Waals surface area (Å²) in [4.78, 5) is 4.25. The standard InChI is InChI=1S/C11H18N6O/c1-4-10-14-15-11(18-10)12-6-5-7-17-9(3)13-8(2)16-17/h4-7H2,1-3H3,(H,12,15). The van der Waals surface area contributed by atoms with Crippen molar-refractivity contribution in [2.45, 2.75) is 40.2 Å². The van der Waals surface area contributed by atoms with Crippen molar-refractivity contribution >= 4 is 6.01 Å². The van der Waals surface area contributed by atoms with E-state index in [0.29, 0.717) is 11.9 Å². The molecule has 0 spiro atoms. The highest BCUT2D eigenvalue weighted by molar-refractivity contribution is 5.16. The quantitative estimate of drug-likeness (QED) is 0.779. The first kappa shape index (κ1) is 12.5. The second kappa shape index (κ2) is 5.61. The molecule has 2 heterocycles. The van der Waals surface area contributed by atoms with Gasteiger partial charge in [0.05, 0.1) is 0 Å². The van der Waals surface area contributed by atoms with Crippen molar-refractivity contribution in [2.75, 3.05) is 11.9 Å². The number of hydrogen-bond donors (Lipinski definition) is 1. The molecule has 18 heavy (non-hydrogen) atoms. The number of aryl methyl sites for hydroxylation is 4. The van der Waals surface area contributed by atoms with Gasteiger partial charge in [-0.1, -0.05) is 12.0 Å². The highest BCUT2D eigenvalue weighted by Gasteiger charge is 2.04. The zero-order valence-electron chi connectivity index (χ0n) is 11.0. The molecule has 1 N–H and O–H groups in total. The predicted molar refractivity (Wildman–Crippen MR) is 66.3 cm³/mol. The SMILES string of the molecule is CCc1nnc(NCCCn2nc(C)nc2C)o1. The summed E-state index contributed by atoms with van der Waals surface area (Å²) < 4.78 is 7.25. The maximum atomic E-state index is 5.34. The van der Waals surface area contributed by atoms with E-state index in [-0.39, 0.29) is 0 Å². The molecule has 0 atom stereocenters. The first-order chi connectivity index (χ1) is 8.69. The van der Waals surface area contributed by atoms with E-state index in [0.717, 1.165) is 37.6 Å². The van der Waals surface area contributed by atoms with Crippen LogP contribution in [0.15, 0.2) is 4.42 Å². The Morgan fingerprint density at radius 2 is 2.11 bits per heavy atom.